The summed E-state index contributed by atoms with van der Waals surface area (Å²) in [6.07, 6.45) is 3.21. The monoisotopic (exact) mass is 146 g/mol. The third kappa shape index (κ3) is 2.64. The largest absolute Gasteiger partial charge is 0.396 e. The Morgan fingerprint density at radius 1 is 1.40 bits per heavy atom. The Hall–Kier alpha value is -0.120. The Kier molecular flexibility index (Phi) is 3.72. The molecule has 1 fully saturated rings. The van der Waals surface area contributed by atoms with E-state index in [1.54, 1.807) is 0 Å². The van der Waals surface area contributed by atoms with Crippen molar-refractivity contribution in [2.24, 2.45) is 0 Å². The van der Waals surface area contributed by atoms with Crippen LogP contribution in [0.15, 0.2) is 0 Å². The summed E-state index contributed by atoms with van der Waals surface area (Å²) in [6.45, 7) is 1.46. The summed E-state index contributed by atoms with van der Waals surface area (Å²) in [6, 6.07) is 0. The van der Waals surface area contributed by atoms with Crippen LogP contribution in [0.3, 0.4) is 0 Å². The normalized spacial score (nSPS) is 25.5. The van der Waals surface area contributed by atoms with Crippen molar-refractivity contribution in [2.75, 3.05) is 20.0 Å². The molecule has 0 aromatic heterocycles. The van der Waals surface area contributed by atoms with E-state index in [0.29, 0.717) is 6.79 Å². The van der Waals surface area contributed by atoms with E-state index in [1.165, 1.54) is 0 Å². The van der Waals surface area contributed by atoms with Crippen LogP contribution < -0.4 is 0 Å². The highest BCUT2D eigenvalue weighted by molar-refractivity contribution is 4.59. The molecule has 10 heavy (non-hydrogen) atoms. The van der Waals surface area contributed by atoms with Gasteiger partial charge in [0, 0.05) is 6.61 Å². The van der Waals surface area contributed by atoms with Crippen molar-refractivity contribution in [1.82, 2.24) is 0 Å². The lowest BCUT2D eigenvalue weighted by Gasteiger charge is -2.04. The predicted octanol–water partition coefficient (Wildman–Crippen LogP) is 0.522. The van der Waals surface area contributed by atoms with E-state index >= 15 is 0 Å². The maximum Gasteiger partial charge on any atom is 0.147 e. The molecule has 1 atom stereocenters. The molecule has 1 aliphatic rings. The zero-order chi connectivity index (χ0) is 7.23. The Morgan fingerprint density at radius 3 is 2.90 bits per heavy atom. The molecule has 1 heterocycles. The first-order valence-corrected chi connectivity index (χ1v) is 3.73. The molecule has 0 saturated carbocycles. The molecule has 0 radical (unpaired) electrons. The van der Waals surface area contributed by atoms with Crippen LogP contribution in [0.2, 0.25) is 0 Å². The van der Waals surface area contributed by atoms with Gasteiger partial charge < -0.3 is 14.6 Å². The second-order valence-corrected chi connectivity index (χ2v) is 2.50. The third-order valence-electron chi connectivity index (χ3n) is 1.63. The minimum absolute atomic E-state index is 0.284. The van der Waals surface area contributed by atoms with Gasteiger partial charge in [0.05, 0.1) is 12.7 Å². The highest BCUT2D eigenvalue weighted by Gasteiger charge is 2.14. The molecular formula is C7H14O3. The standard InChI is InChI=1S/C7H14O3/c8-4-2-1-3-7-5-9-6-10-7/h7-8H,1-6H2/t7-/m1/s1. The fourth-order valence-electron chi connectivity index (χ4n) is 1.02. The molecule has 3 heteroatoms. The summed E-state index contributed by atoms with van der Waals surface area (Å²) < 4.78 is 10.2. The highest BCUT2D eigenvalue weighted by atomic mass is 16.7. The maximum atomic E-state index is 8.47. The van der Waals surface area contributed by atoms with Crippen LogP contribution in [0.5, 0.6) is 0 Å². The fourth-order valence-corrected chi connectivity index (χ4v) is 1.02. The molecule has 3 nitrogen and oxygen atoms in total. The van der Waals surface area contributed by atoms with Gasteiger partial charge in [-0.1, -0.05) is 0 Å². The van der Waals surface area contributed by atoms with E-state index in [4.69, 9.17) is 14.6 Å². The molecule has 1 N–H and O–H groups in total. The van der Waals surface area contributed by atoms with Crippen molar-refractivity contribution in [3.05, 3.63) is 0 Å². The van der Waals surface area contributed by atoms with Crippen molar-refractivity contribution >= 4 is 0 Å². The van der Waals surface area contributed by atoms with Crippen molar-refractivity contribution in [2.45, 2.75) is 25.4 Å². The van der Waals surface area contributed by atoms with Crippen LogP contribution in [0.25, 0.3) is 0 Å². The summed E-state index contributed by atoms with van der Waals surface area (Å²) >= 11 is 0. The first kappa shape index (κ1) is 7.98. The van der Waals surface area contributed by atoms with Gasteiger partial charge in [-0.05, 0) is 19.3 Å². The molecule has 0 spiro atoms. The second-order valence-electron chi connectivity index (χ2n) is 2.50. The van der Waals surface area contributed by atoms with Gasteiger partial charge in [-0.3, -0.25) is 0 Å². The van der Waals surface area contributed by atoms with Crippen molar-refractivity contribution in [3.63, 3.8) is 0 Å². The highest BCUT2D eigenvalue weighted by Crippen LogP contribution is 2.10. The topological polar surface area (TPSA) is 38.7 Å². The summed E-state index contributed by atoms with van der Waals surface area (Å²) in [5, 5.41) is 8.47. The summed E-state index contributed by atoms with van der Waals surface area (Å²) in [4.78, 5) is 0. The SMILES string of the molecule is OCCCC[C@@H]1COCO1. The Bertz CT molecular complexity index is 78.9. The molecule has 0 amide bonds. The molecule has 0 aliphatic carbocycles. The van der Waals surface area contributed by atoms with Gasteiger partial charge in [0.2, 0.25) is 0 Å². The molecule has 60 valence electrons. The molecule has 0 unspecified atom stereocenters. The van der Waals surface area contributed by atoms with Crippen LogP contribution in [-0.4, -0.2) is 31.2 Å². The summed E-state index contributed by atoms with van der Waals surface area (Å²) in [5.41, 5.74) is 0. The zero-order valence-corrected chi connectivity index (χ0v) is 6.08. The molecule has 0 bridgehead atoms. The lowest BCUT2D eigenvalue weighted by atomic mass is 10.2. The lowest BCUT2D eigenvalue weighted by molar-refractivity contribution is 0.0437. The smallest absolute Gasteiger partial charge is 0.147 e. The van der Waals surface area contributed by atoms with Gasteiger partial charge in [0.15, 0.2) is 0 Å². The van der Waals surface area contributed by atoms with E-state index in [0.717, 1.165) is 25.9 Å². The Labute approximate surface area is 60.9 Å². The minimum atomic E-state index is 0.284. The average molecular weight is 146 g/mol. The lowest BCUT2D eigenvalue weighted by Crippen LogP contribution is -2.08. The van der Waals surface area contributed by atoms with Crippen LogP contribution >= 0.6 is 0 Å². The minimum Gasteiger partial charge on any atom is -0.396 e. The molecule has 0 aromatic carbocycles. The average Bonchev–Trinajstić information content (AvgIpc) is 2.41. The van der Waals surface area contributed by atoms with E-state index in [2.05, 4.69) is 0 Å². The second kappa shape index (κ2) is 4.66. The summed E-state index contributed by atoms with van der Waals surface area (Å²) in [5.74, 6) is 0. The molecular weight excluding hydrogens is 132 g/mol. The van der Waals surface area contributed by atoms with Gasteiger partial charge >= 0.3 is 0 Å². The fraction of sp³-hybridized carbons (Fsp3) is 1.00. The number of rotatable bonds is 4. The maximum absolute atomic E-state index is 8.47. The molecule has 1 saturated heterocycles. The molecule has 1 rings (SSSR count). The molecule has 0 aromatic rings. The number of aliphatic hydroxyl groups excluding tert-OH is 1. The molecule has 1 aliphatic heterocycles. The van der Waals surface area contributed by atoms with E-state index in [1.807, 2.05) is 0 Å². The third-order valence-corrected chi connectivity index (χ3v) is 1.63. The quantitative estimate of drug-likeness (QED) is 0.588. The summed E-state index contributed by atoms with van der Waals surface area (Å²) in [7, 11) is 0. The number of hydrogen-bond acceptors (Lipinski definition) is 3. The van der Waals surface area contributed by atoms with Crippen molar-refractivity contribution in [1.29, 1.82) is 0 Å². The van der Waals surface area contributed by atoms with Crippen LogP contribution in [0, 0.1) is 0 Å². The van der Waals surface area contributed by atoms with Crippen molar-refractivity contribution < 1.29 is 14.6 Å². The van der Waals surface area contributed by atoms with Crippen LogP contribution in [-0.2, 0) is 9.47 Å². The predicted molar refractivity (Wildman–Crippen MR) is 36.6 cm³/mol. The zero-order valence-electron chi connectivity index (χ0n) is 6.08. The first-order valence-electron chi connectivity index (χ1n) is 3.73. The number of ether oxygens (including phenoxy) is 2. The first-order chi connectivity index (χ1) is 4.93. The van der Waals surface area contributed by atoms with E-state index < -0.39 is 0 Å². The van der Waals surface area contributed by atoms with E-state index in [9.17, 15) is 0 Å². The Balaban J connectivity index is 1.91. The Morgan fingerprint density at radius 2 is 2.30 bits per heavy atom. The van der Waals surface area contributed by atoms with Crippen molar-refractivity contribution in [3.8, 4) is 0 Å². The van der Waals surface area contributed by atoms with Gasteiger partial charge in [0.25, 0.3) is 0 Å². The van der Waals surface area contributed by atoms with Crippen LogP contribution in [0.1, 0.15) is 19.3 Å². The van der Waals surface area contributed by atoms with Gasteiger partial charge in [0.1, 0.15) is 6.79 Å². The number of hydrogen-bond donors (Lipinski definition) is 1. The number of aliphatic hydroxyl groups is 1. The van der Waals surface area contributed by atoms with Gasteiger partial charge in [-0.15, -0.1) is 0 Å². The number of unbranched alkanes of at least 4 members (excludes halogenated alkanes) is 1. The van der Waals surface area contributed by atoms with Gasteiger partial charge in [-0.2, -0.15) is 0 Å². The van der Waals surface area contributed by atoms with Crippen LogP contribution in [0.4, 0.5) is 0 Å². The van der Waals surface area contributed by atoms with E-state index in [-0.39, 0.29) is 12.7 Å². The van der Waals surface area contributed by atoms with Gasteiger partial charge in [-0.25, -0.2) is 0 Å².